The summed E-state index contributed by atoms with van der Waals surface area (Å²) in [4.78, 5) is 15.1. The van der Waals surface area contributed by atoms with E-state index < -0.39 is 19.9 Å². The van der Waals surface area contributed by atoms with E-state index in [0.29, 0.717) is 5.82 Å². The minimum Gasteiger partial charge on any atom is -0.468 e. The van der Waals surface area contributed by atoms with Gasteiger partial charge >= 0.3 is 5.97 Å². The Labute approximate surface area is 119 Å². The Kier molecular flexibility index (Phi) is 5.10. The number of alkyl halides is 1. The Morgan fingerprint density at radius 3 is 2.72 bits per heavy atom. The number of esters is 1. The summed E-state index contributed by atoms with van der Waals surface area (Å²) in [6, 6.07) is 0. The van der Waals surface area contributed by atoms with Crippen molar-refractivity contribution in [1.82, 2.24) is 14.3 Å². The second kappa shape index (κ2) is 5.97. The van der Waals surface area contributed by atoms with Crippen molar-refractivity contribution in [2.75, 3.05) is 13.7 Å². The normalized spacial score (nSPS) is 13.3. The third-order valence-electron chi connectivity index (χ3n) is 2.27. The number of methoxy groups -OCH3 is 1. The number of sulfonamides is 1. The van der Waals surface area contributed by atoms with Crippen LogP contribution in [0.4, 0.5) is 0 Å². The predicted molar refractivity (Wildman–Crippen MR) is 73.0 cm³/mol. The number of nitrogens with zero attached hydrogens (tertiary/aromatic N) is 2. The van der Waals surface area contributed by atoms with E-state index in [0.717, 1.165) is 0 Å². The first-order valence-corrected chi connectivity index (χ1v) is 7.72. The second-order valence-electron chi connectivity index (χ2n) is 3.58. The van der Waals surface area contributed by atoms with Gasteiger partial charge in [0.15, 0.2) is 5.03 Å². The van der Waals surface area contributed by atoms with Crippen molar-refractivity contribution in [1.29, 1.82) is 0 Å². The molecule has 1 N–H and O–H groups in total. The van der Waals surface area contributed by atoms with Gasteiger partial charge in [-0.1, -0.05) is 22.6 Å². The number of aromatic nitrogens is 2. The molecule has 0 saturated heterocycles. The summed E-state index contributed by atoms with van der Waals surface area (Å²) in [7, 11) is -0.733. The highest BCUT2D eigenvalue weighted by molar-refractivity contribution is 14.1. The molecule has 0 aromatic carbocycles. The lowest BCUT2D eigenvalue weighted by atomic mass is 10.4. The van der Waals surface area contributed by atoms with Gasteiger partial charge in [0.1, 0.15) is 9.75 Å². The lowest BCUT2D eigenvalue weighted by molar-refractivity contribution is -0.139. The van der Waals surface area contributed by atoms with Crippen molar-refractivity contribution >= 4 is 38.6 Å². The van der Waals surface area contributed by atoms with E-state index in [1.807, 2.05) is 22.6 Å². The quantitative estimate of drug-likeness (QED) is 0.436. The van der Waals surface area contributed by atoms with Gasteiger partial charge in [0, 0.05) is 19.8 Å². The van der Waals surface area contributed by atoms with Crippen LogP contribution in [-0.4, -0.2) is 41.5 Å². The topological polar surface area (TPSA) is 90.3 Å². The average molecular weight is 387 g/mol. The zero-order valence-corrected chi connectivity index (χ0v) is 13.1. The number of rotatable bonds is 5. The van der Waals surface area contributed by atoms with Crippen molar-refractivity contribution in [3.63, 3.8) is 0 Å². The third kappa shape index (κ3) is 3.65. The van der Waals surface area contributed by atoms with Crippen LogP contribution < -0.4 is 4.72 Å². The molecule has 0 spiro atoms. The molecule has 18 heavy (non-hydrogen) atoms. The molecule has 0 radical (unpaired) electrons. The smallest absolute Gasteiger partial charge is 0.319 e. The number of nitrogens with one attached hydrogen (secondary N) is 1. The number of halogens is 1. The molecule has 1 atom stereocenters. The lowest BCUT2D eigenvalue weighted by Gasteiger charge is -2.08. The highest BCUT2D eigenvalue weighted by atomic mass is 127. The van der Waals surface area contributed by atoms with Crippen LogP contribution in [0.15, 0.2) is 11.2 Å². The standard InChI is InChI=1S/C9H14IN3O4S/c1-6-12-8(5-13(6)2)18(15,16)11-4-7(10)9(14)17-3/h5,7,11H,4H2,1-3H3. The summed E-state index contributed by atoms with van der Waals surface area (Å²) in [5, 5.41) is -0.0593. The fourth-order valence-electron chi connectivity index (χ4n) is 1.12. The molecule has 0 bridgehead atoms. The SMILES string of the molecule is COC(=O)C(I)CNS(=O)(=O)c1cn(C)c(C)n1. The third-order valence-corrected chi connectivity index (χ3v) is 4.51. The van der Waals surface area contributed by atoms with Gasteiger partial charge in [0.05, 0.1) is 7.11 Å². The Hall–Kier alpha value is -0.680. The first kappa shape index (κ1) is 15.4. The molecule has 0 aliphatic rings. The van der Waals surface area contributed by atoms with E-state index in [9.17, 15) is 13.2 Å². The number of aryl methyl sites for hydroxylation is 2. The van der Waals surface area contributed by atoms with Crippen LogP contribution in [0.2, 0.25) is 0 Å². The largest absolute Gasteiger partial charge is 0.468 e. The van der Waals surface area contributed by atoms with Gasteiger partial charge in [0.2, 0.25) is 0 Å². The molecule has 1 rings (SSSR count). The predicted octanol–water partition coefficient (Wildman–Crippen LogP) is -0.0166. The maximum Gasteiger partial charge on any atom is 0.319 e. The van der Waals surface area contributed by atoms with E-state index in [1.54, 1.807) is 18.5 Å². The Bertz CT molecular complexity index is 521. The number of hydrogen-bond donors (Lipinski definition) is 1. The summed E-state index contributed by atoms with van der Waals surface area (Å²) >= 11 is 1.81. The second-order valence-corrected chi connectivity index (χ2v) is 6.80. The van der Waals surface area contributed by atoms with Crippen LogP contribution in [-0.2, 0) is 26.6 Å². The maximum atomic E-state index is 11.9. The number of carbonyl (C=O) groups is 1. The van der Waals surface area contributed by atoms with Crippen molar-refractivity contribution in [2.24, 2.45) is 7.05 Å². The van der Waals surface area contributed by atoms with Crippen molar-refractivity contribution < 1.29 is 17.9 Å². The average Bonchev–Trinajstić information content (AvgIpc) is 2.66. The summed E-state index contributed by atoms with van der Waals surface area (Å²) in [5.74, 6) is 0.116. The number of ether oxygens (including phenoxy) is 1. The molecule has 0 saturated carbocycles. The molecule has 0 amide bonds. The number of carbonyl (C=O) groups excluding carboxylic acids is 1. The van der Waals surface area contributed by atoms with E-state index in [4.69, 9.17) is 0 Å². The molecular weight excluding hydrogens is 373 g/mol. The van der Waals surface area contributed by atoms with Gasteiger partial charge in [-0.3, -0.25) is 4.79 Å². The van der Waals surface area contributed by atoms with Crippen LogP contribution in [0.1, 0.15) is 5.82 Å². The molecule has 1 unspecified atom stereocenters. The van der Waals surface area contributed by atoms with Gasteiger partial charge < -0.3 is 9.30 Å². The lowest BCUT2D eigenvalue weighted by Crippen LogP contribution is -2.34. The van der Waals surface area contributed by atoms with Crippen molar-refractivity contribution in [2.45, 2.75) is 15.9 Å². The summed E-state index contributed by atoms with van der Waals surface area (Å²) in [5.41, 5.74) is 0. The van der Waals surface area contributed by atoms with Crippen LogP contribution in [0, 0.1) is 6.92 Å². The monoisotopic (exact) mass is 387 g/mol. The van der Waals surface area contributed by atoms with Gasteiger partial charge in [-0.25, -0.2) is 18.1 Å². The van der Waals surface area contributed by atoms with Crippen LogP contribution in [0.3, 0.4) is 0 Å². The van der Waals surface area contributed by atoms with Gasteiger partial charge in [0.25, 0.3) is 10.0 Å². The van der Waals surface area contributed by atoms with Crippen molar-refractivity contribution in [3.8, 4) is 0 Å². The highest BCUT2D eigenvalue weighted by Crippen LogP contribution is 2.09. The van der Waals surface area contributed by atoms with Gasteiger partial charge in [-0.15, -0.1) is 0 Å². The minimum absolute atomic E-state index is 0.0365. The first-order chi connectivity index (χ1) is 8.27. The van der Waals surface area contributed by atoms with E-state index in [-0.39, 0.29) is 11.6 Å². The fourth-order valence-corrected chi connectivity index (χ4v) is 2.98. The molecule has 0 fully saturated rings. The molecule has 0 aliphatic carbocycles. The summed E-state index contributed by atoms with van der Waals surface area (Å²) < 4.78 is 31.6. The van der Waals surface area contributed by atoms with Crippen molar-refractivity contribution in [3.05, 3.63) is 12.0 Å². The number of hydrogen-bond acceptors (Lipinski definition) is 5. The highest BCUT2D eigenvalue weighted by Gasteiger charge is 2.22. The Balaban J connectivity index is 2.74. The molecule has 102 valence electrons. The van der Waals surface area contributed by atoms with E-state index in [1.165, 1.54) is 13.3 Å². The fraction of sp³-hybridized carbons (Fsp3) is 0.556. The molecule has 0 aliphatic heterocycles. The molecule has 7 nitrogen and oxygen atoms in total. The van der Waals surface area contributed by atoms with Crippen LogP contribution in [0.5, 0.6) is 0 Å². The Morgan fingerprint density at radius 2 is 2.28 bits per heavy atom. The first-order valence-electron chi connectivity index (χ1n) is 4.99. The minimum atomic E-state index is -3.69. The molecule has 1 aromatic rings. The number of imidazole rings is 1. The molecule has 1 heterocycles. The zero-order chi connectivity index (χ0) is 13.9. The summed E-state index contributed by atoms with van der Waals surface area (Å²) in [6.45, 7) is 1.67. The van der Waals surface area contributed by atoms with Gasteiger partial charge in [-0.2, -0.15) is 0 Å². The van der Waals surface area contributed by atoms with E-state index >= 15 is 0 Å². The van der Waals surface area contributed by atoms with Crippen LogP contribution >= 0.6 is 22.6 Å². The maximum absolute atomic E-state index is 11.9. The van der Waals surface area contributed by atoms with E-state index in [2.05, 4.69) is 14.4 Å². The summed E-state index contributed by atoms with van der Waals surface area (Å²) in [6.07, 6.45) is 1.41. The van der Waals surface area contributed by atoms with Gasteiger partial charge in [-0.05, 0) is 6.92 Å². The molecular formula is C9H14IN3O4S. The molecule has 9 heteroatoms. The zero-order valence-electron chi connectivity index (χ0n) is 10.2. The molecule has 1 aromatic heterocycles. The Morgan fingerprint density at radius 1 is 1.67 bits per heavy atom. The van der Waals surface area contributed by atoms with Crippen LogP contribution in [0.25, 0.3) is 0 Å².